The van der Waals surface area contributed by atoms with Crippen LogP contribution < -0.4 is 5.32 Å². The van der Waals surface area contributed by atoms with Crippen LogP contribution in [0.5, 0.6) is 0 Å². The van der Waals surface area contributed by atoms with Gasteiger partial charge >= 0.3 is 41.9 Å². The predicted octanol–water partition coefficient (Wildman–Crippen LogP) is 7.48. The summed E-state index contributed by atoms with van der Waals surface area (Å²) in [6.07, 6.45) is -5.63. The number of azo groups is 1. The van der Waals surface area contributed by atoms with Crippen LogP contribution >= 0.6 is 0 Å². The Morgan fingerprint density at radius 1 is 0.657 bits per heavy atom. The van der Waals surface area contributed by atoms with Gasteiger partial charge in [0.2, 0.25) is 0 Å². The molecule has 0 heterocycles. The highest BCUT2D eigenvalue weighted by Gasteiger charge is 2.89. The Morgan fingerprint density at radius 2 is 1.11 bits per heavy atom. The molecule has 1 amide bonds. The molecule has 35 heavy (non-hydrogen) atoms. The predicted molar refractivity (Wildman–Crippen MR) is 96.4 cm³/mol. The minimum absolute atomic E-state index is 0.0318. The van der Waals surface area contributed by atoms with Crippen molar-refractivity contribution in [2.75, 3.05) is 5.32 Å². The van der Waals surface area contributed by atoms with Gasteiger partial charge in [-0.2, -0.15) is 54.1 Å². The number of amides is 1. The standard InChI is InChI=1S/C19H11F12N3O/c20-13(21)15(22,23)17(26,27)19(30,31)18(28,29)16(24,25)14(35)32-10-6-8-12(9-7-10)34-33-11-4-2-1-3-5-11/h1-9,13H,(H,32,35). The number of halogens is 12. The molecule has 0 saturated carbocycles. The van der Waals surface area contributed by atoms with Crippen LogP contribution in [0.2, 0.25) is 0 Å². The molecule has 0 aliphatic heterocycles. The van der Waals surface area contributed by atoms with Crippen LogP contribution in [0.25, 0.3) is 0 Å². The largest absolute Gasteiger partial charge is 0.393 e. The van der Waals surface area contributed by atoms with Crippen molar-refractivity contribution in [1.29, 1.82) is 0 Å². The van der Waals surface area contributed by atoms with Crippen molar-refractivity contribution in [2.45, 2.75) is 36.0 Å². The van der Waals surface area contributed by atoms with Gasteiger partial charge in [0, 0.05) is 5.69 Å². The average molecular weight is 525 g/mol. The molecule has 0 fully saturated rings. The van der Waals surface area contributed by atoms with Gasteiger partial charge in [-0.3, -0.25) is 4.79 Å². The van der Waals surface area contributed by atoms with Crippen LogP contribution in [0.3, 0.4) is 0 Å². The lowest BCUT2D eigenvalue weighted by atomic mass is 9.94. The Bertz CT molecular complexity index is 1060. The fourth-order valence-corrected chi connectivity index (χ4v) is 2.31. The number of hydrogen-bond donors (Lipinski definition) is 1. The maximum atomic E-state index is 13.8. The van der Waals surface area contributed by atoms with Crippen molar-refractivity contribution in [3.8, 4) is 0 Å². The maximum absolute atomic E-state index is 13.8. The van der Waals surface area contributed by atoms with Gasteiger partial charge in [-0.1, -0.05) is 18.2 Å². The lowest BCUT2D eigenvalue weighted by Gasteiger charge is -2.38. The summed E-state index contributed by atoms with van der Waals surface area (Å²) >= 11 is 0. The lowest BCUT2D eigenvalue weighted by molar-refractivity contribution is -0.406. The Kier molecular flexibility index (Phi) is 7.47. The number of alkyl halides is 12. The molecule has 0 saturated heterocycles. The minimum atomic E-state index is -7.79. The first kappa shape index (κ1) is 27.9. The normalized spacial score (nSPS) is 14.0. The van der Waals surface area contributed by atoms with Gasteiger partial charge < -0.3 is 5.32 Å². The van der Waals surface area contributed by atoms with E-state index in [1.54, 1.807) is 30.3 Å². The smallest absolute Gasteiger partial charge is 0.321 e. The van der Waals surface area contributed by atoms with E-state index in [1.165, 1.54) is 0 Å². The summed E-state index contributed by atoms with van der Waals surface area (Å²) in [6.45, 7) is 0. The van der Waals surface area contributed by atoms with E-state index in [2.05, 4.69) is 10.2 Å². The third-order valence-electron chi connectivity index (χ3n) is 4.32. The van der Waals surface area contributed by atoms with Gasteiger partial charge in [-0.25, -0.2) is 8.78 Å². The van der Waals surface area contributed by atoms with Crippen LogP contribution in [0.15, 0.2) is 64.8 Å². The molecule has 0 aromatic heterocycles. The second-order valence-electron chi connectivity index (χ2n) is 6.76. The SMILES string of the molecule is O=C(Nc1ccc(N=Nc2ccccc2)cc1)C(F)(F)C(F)(F)C(F)(F)C(F)(F)C(F)(F)C(F)F. The zero-order valence-electron chi connectivity index (χ0n) is 16.6. The molecule has 2 aromatic carbocycles. The summed E-state index contributed by atoms with van der Waals surface area (Å²) in [5.41, 5.74) is -0.330. The maximum Gasteiger partial charge on any atom is 0.393 e. The van der Waals surface area contributed by atoms with Crippen molar-refractivity contribution in [3.63, 3.8) is 0 Å². The highest BCUT2D eigenvalue weighted by atomic mass is 19.4. The van der Waals surface area contributed by atoms with Crippen LogP contribution in [-0.2, 0) is 4.79 Å². The number of carbonyl (C=O) groups is 1. The molecule has 0 bridgehead atoms. The van der Waals surface area contributed by atoms with E-state index in [9.17, 15) is 57.5 Å². The number of anilines is 1. The first-order chi connectivity index (χ1) is 15.9. The third-order valence-corrected chi connectivity index (χ3v) is 4.32. The van der Waals surface area contributed by atoms with E-state index < -0.39 is 47.6 Å². The molecule has 0 radical (unpaired) electrons. The van der Waals surface area contributed by atoms with Crippen molar-refractivity contribution in [3.05, 3.63) is 54.6 Å². The third kappa shape index (κ3) is 4.91. The Morgan fingerprint density at radius 3 is 1.57 bits per heavy atom. The van der Waals surface area contributed by atoms with Crippen LogP contribution in [0, 0.1) is 0 Å². The van der Waals surface area contributed by atoms with E-state index in [-0.39, 0.29) is 5.69 Å². The highest BCUT2D eigenvalue weighted by molar-refractivity contribution is 5.97. The van der Waals surface area contributed by atoms with Crippen LogP contribution in [0.1, 0.15) is 0 Å². The molecule has 0 aliphatic carbocycles. The topological polar surface area (TPSA) is 53.8 Å². The second kappa shape index (κ2) is 9.37. The summed E-state index contributed by atoms with van der Waals surface area (Å²) < 4.78 is 158. The van der Waals surface area contributed by atoms with Crippen LogP contribution in [0.4, 0.5) is 69.7 Å². The van der Waals surface area contributed by atoms with Crippen molar-refractivity contribution < 1.29 is 57.5 Å². The molecular formula is C19H11F12N3O. The van der Waals surface area contributed by atoms with E-state index in [1.807, 2.05) is 0 Å². The number of benzene rings is 2. The number of hydrogen-bond acceptors (Lipinski definition) is 3. The molecule has 2 aromatic rings. The van der Waals surface area contributed by atoms with Crippen molar-refractivity contribution in [2.24, 2.45) is 10.2 Å². The summed E-state index contributed by atoms with van der Waals surface area (Å²) in [5, 5.41) is 8.50. The summed E-state index contributed by atoms with van der Waals surface area (Å²) in [6, 6.07) is 11.5. The number of nitrogens with one attached hydrogen (secondary N) is 1. The first-order valence-electron chi connectivity index (χ1n) is 8.95. The fourth-order valence-electron chi connectivity index (χ4n) is 2.31. The number of carbonyl (C=O) groups excluding carboxylic acids is 1. The Labute approximate surface area is 187 Å². The summed E-state index contributed by atoms with van der Waals surface area (Å²) in [7, 11) is 0. The number of rotatable bonds is 9. The summed E-state index contributed by atoms with van der Waals surface area (Å²) in [4.78, 5) is 11.5. The Hall–Kier alpha value is -3.33. The molecule has 0 aliphatic rings. The van der Waals surface area contributed by atoms with E-state index in [0.717, 1.165) is 29.6 Å². The van der Waals surface area contributed by atoms with Gasteiger partial charge in [0.15, 0.2) is 0 Å². The minimum Gasteiger partial charge on any atom is -0.321 e. The summed E-state index contributed by atoms with van der Waals surface area (Å²) in [5.74, 6) is -40.2. The molecule has 0 spiro atoms. The van der Waals surface area contributed by atoms with Crippen molar-refractivity contribution in [1.82, 2.24) is 0 Å². The molecule has 0 unspecified atom stereocenters. The van der Waals surface area contributed by atoms with Gasteiger partial charge in [0.05, 0.1) is 11.4 Å². The quantitative estimate of drug-likeness (QED) is 0.268. The monoisotopic (exact) mass is 525 g/mol. The molecule has 0 atom stereocenters. The second-order valence-corrected chi connectivity index (χ2v) is 6.76. The molecule has 1 N–H and O–H groups in total. The number of nitrogens with zero attached hydrogens (tertiary/aromatic N) is 2. The first-order valence-corrected chi connectivity index (χ1v) is 8.95. The van der Waals surface area contributed by atoms with E-state index in [0.29, 0.717) is 5.69 Å². The highest BCUT2D eigenvalue weighted by Crippen LogP contribution is 2.58. The van der Waals surface area contributed by atoms with E-state index in [4.69, 9.17) is 0 Å². The Balaban J connectivity index is 2.25. The average Bonchev–Trinajstić information content (AvgIpc) is 2.78. The van der Waals surface area contributed by atoms with Gasteiger partial charge in [-0.05, 0) is 36.4 Å². The van der Waals surface area contributed by atoms with Crippen LogP contribution in [-0.4, -0.2) is 41.9 Å². The molecule has 4 nitrogen and oxygen atoms in total. The molecule has 16 heteroatoms. The van der Waals surface area contributed by atoms with Gasteiger partial charge in [-0.15, -0.1) is 0 Å². The lowest BCUT2D eigenvalue weighted by Crippen LogP contribution is -2.70. The zero-order chi connectivity index (χ0) is 26.9. The molecule has 2 rings (SSSR count). The van der Waals surface area contributed by atoms with Gasteiger partial charge in [0.1, 0.15) is 0 Å². The zero-order valence-corrected chi connectivity index (χ0v) is 16.6. The van der Waals surface area contributed by atoms with E-state index >= 15 is 0 Å². The molecule has 192 valence electrons. The van der Waals surface area contributed by atoms with Gasteiger partial charge in [0.25, 0.3) is 0 Å². The molecular weight excluding hydrogens is 514 g/mol. The fraction of sp³-hybridized carbons (Fsp3) is 0.316. The van der Waals surface area contributed by atoms with Crippen molar-refractivity contribution >= 4 is 23.0 Å².